The fourth-order valence-electron chi connectivity index (χ4n) is 4.48. The SMILES string of the molecule is Cc1nc2ccccn2c1CN(C)Cc1c(C(=O)N2CCCN(C)CC2)nc2sccn12. The molecule has 1 fully saturated rings. The van der Waals surface area contributed by atoms with Crippen LogP contribution in [-0.2, 0) is 13.1 Å². The molecule has 0 saturated carbocycles. The molecule has 8 nitrogen and oxygen atoms in total. The summed E-state index contributed by atoms with van der Waals surface area (Å²) in [7, 11) is 4.20. The van der Waals surface area contributed by atoms with Crippen LogP contribution in [0.3, 0.4) is 0 Å². The van der Waals surface area contributed by atoms with Gasteiger partial charge in [0.15, 0.2) is 10.7 Å². The number of amides is 1. The average Bonchev–Trinajstić information content (AvgIpc) is 3.40. The summed E-state index contributed by atoms with van der Waals surface area (Å²) in [6, 6.07) is 6.06. The van der Waals surface area contributed by atoms with Crippen LogP contribution in [0.15, 0.2) is 36.0 Å². The molecule has 0 N–H and O–H groups in total. The molecule has 9 heteroatoms. The van der Waals surface area contributed by atoms with Crippen molar-refractivity contribution in [3.63, 3.8) is 0 Å². The number of thiazole rings is 1. The number of nitrogens with zero attached hydrogens (tertiary/aromatic N) is 7. The Morgan fingerprint density at radius 2 is 1.91 bits per heavy atom. The molecule has 0 aliphatic carbocycles. The van der Waals surface area contributed by atoms with E-state index in [4.69, 9.17) is 4.98 Å². The molecule has 32 heavy (non-hydrogen) atoms. The first-order valence-corrected chi connectivity index (χ1v) is 11.9. The number of fused-ring (bicyclic) bond motifs is 2. The van der Waals surface area contributed by atoms with Crippen molar-refractivity contribution in [2.45, 2.75) is 26.4 Å². The molecular formula is C23H29N7OS. The Morgan fingerprint density at radius 3 is 2.78 bits per heavy atom. The summed E-state index contributed by atoms with van der Waals surface area (Å²) in [5.74, 6) is 0.0468. The van der Waals surface area contributed by atoms with E-state index in [0.29, 0.717) is 12.2 Å². The number of aromatic nitrogens is 4. The first-order valence-electron chi connectivity index (χ1n) is 11.0. The van der Waals surface area contributed by atoms with Gasteiger partial charge in [0.05, 0.1) is 17.1 Å². The molecule has 1 aliphatic rings. The molecule has 1 amide bonds. The smallest absolute Gasteiger partial charge is 0.274 e. The summed E-state index contributed by atoms with van der Waals surface area (Å²) in [5, 5.41) is 2.02. The lowest BCUT2D eigenvalue weighted by atomic mass is 10.2. The van der Waals surface area contributed by atoms with Gasteiger partial charge in [-0.15, -0.1) is 11.3 Å². The largest absolute Gasteiger partial charge is 0.336 e. The van der Waals surface area contributed by atoms with Crippen LogP contribution in [0, 0.1) is 6.92 Å². The lowest BCUT2D eigenvalue weighted by Crippen LogP contribution is -2.35. The van der Waals surface area contributed by atoms with Crippen molar-refractivity contribution in [3.8, 4) is 0 Å². The van der Waals surface area contributed by atoms with Gasteiger partial charge >= 0.3 is 0 Å². The first kappa shape index (κ1) is 21.1. The minimum atomic E-state index is 0.0468. The normalized spacial score (nSPS) is 15.8. The zero-order valence-corrected chi connectivity index (χ0v) is 19.7. The molecule has 0 aromatic carbocycles. The number of aryl methyl sites for hydroxylation is 1. The van der Waals surface area contributed by atoms with E-state index in [1.807, 2.05) is 34.7 Å². The van der Waals surface area contributed by atoms with E-state index in [9.17, 15) is 4.79 Å². The van der Waals surface area contributed by atoms with Gasteiger partial charge in [0.25, 0.3) is 5.91 Å². The second-order valence-electron chi connectivity index (χ2n) is 8.66. The molecule has 168 valence electrons. The number of hydrogen-bond donors (Lipinski definition) is 0. The summed E-state index contributed by atoms with van der Waals surface area (Å²) in [6.45, 7) is 6.87. The first-order chi connectivity index (χ1) is 15.5. The van der Waals surface area contributed by atoms with Crippen LogP contribution in [0.25, 0.3) is 10.6 Å². The van der Waals surface area contributed by atoms with Crippen molar-refractivity contribution >= 4 is 27.9 Å². The Labute approximate surface area is 191 Å². The van der Waals surface area contributed by atoms with Crippen molar-refractivity contribution in [1.29, 1.82) is 0 Å². The number of likely N-dealkylation sites (N-methyl/N-ethyl adjacent to an activating group) is 1. The van der Waals surface area contributed by atoms with Gasteiger partial charge in [0.2, 0.25) is 0 Å². The Kier molecular flexibility index (Phi) is 5.71. The number of carbonyl (C=O) groups is 1. The second kappa shape index (κ2) is 8.65. The zero-order chi connectivity index (χ0) is 22.2. The summed E-state index contributed by atoms with van der Waals surface area (Å²) < 4.78 is 4.21. The monoisotopic (exact) mass is 451 g/mol. The summed E-state index contributed by atoms with van der Waals surface area (Å²) in [6.07, 6.45) is 5.07. The van der Waals surface area contributed by atoms with Crippen LogP contribution >= 0.6 is 11.3 Å². The highest BCUT2D eigenvalue weighted by Gasteiger charge is 2.26. The van der Waals surface area contributed by atoms with Gasteiger partial charge in [-0.3, -0.25) is 14.1 Å². The maximum Gasteiger partial charge on any atom is 0.274 e. The van der Waals surface area contributed by atoms with Crippen molar-refractivity contribution in [3.05, 3.63) is 58.7 Å². The fraction of sp³-hybridized carbons (Fsp3) is 0.435. The van der Waals surface area contributed by atoms with Gasteiger partial charge in [-0.1, -0.05) is 6.07 Å². The molecule has 0 unspecified atom stereocenters. The highest BCUT2D eigenvalue weighted by atomic mass is 32.1. The molecule has 4 aromatic rings. The molecule has 5 rings (SSSR count). The molecule has 0 radical (unpaired) electrons. The van der Waals surface area contributed by atoms with Crippen molar-refractivity contribution in [2.75, 3.05) is 40.3 Å². The van der Waals surface area contributed by atoms with E-state index < -0.39 is 0 Å². The highest BCUT2D eigenvalue weighted by molar-refractivity contribution is 7.15. The molecular weight excluding hydrogens is 422 g/mol. The maximum absolute atomic E-state index is 13.5. The summed E-state index contributed by atoms with van der Waals surface area (Å²) in [4.78, 5) is 30.3. The quantitative estimate of drug-likeness (QED) is 0.467. The molecule has 4 aromatic heterocycles. The fourth-order valence-corrected chi connectivity index (χ4v) is 5.21. The predicted octanol–water partition coefficient (Wildman–Crippen LogP) is 2.76. The van der Waals surface area contributed by atoms with Crippen molar-refractivity contribution in [2.24, 2.45) is 0 Å². The van der Waals surface area contributed by atoms with Crippen molar-refractivity contribution < 1.29 is 4.79 Å². The van der Waals surface area contributed by atoms with Gasteiger partial charge in [-0.25, -0.2) is 9.97 Å². The predicted molar refractivity (Wildman–Crippen MR) is 126 cm³/mol. The second-order valence-corrected chi connectivity index (χ2v) is 9.53. The van der Waals surface area contributed by atoms with Gasteiger partial charge < -0.3 is 14.2 Å². The third kappa shape index (κ3) is 3.92. The van der Waals surface area contributed by atoms with E-state index in [1.165, 1.54) is 0 Å². The molecule has 0 spiro atoms. The molecule has 1 aliphatic heterocycles. The summed E-state index contributed by atoms with van der Waals surface area (Å²) in [5.41, 5.74) is 4.69. The average molecular weight is 452 g/mol. The standard InChI is InChI=1S/C23H29N7OS/c1-17-18(29-10-5-4-7-20(29)24-17)15-27(3)16-19-21(25-23-30(19)13-14-32-23)22(31)28-9-6-8-26(2)11-12-28/h4-5,7,10,13-14H,6,8-9,11-12,15-16H2,1-3H3. The van der Waals surface area contributed by atoms with Gasteiger partial charge in [0.1, 0.15) is 5.65 Å². The van der Waals surface area contributed by atoms with Crippen LogP contribution < -0.4 is 0 Å². The van der Waals surface area contributed by atoms with Crippen LogP contribution in [0.5, 0.6) is 0 Å². The van der Waals surface area contributed by atoms with E-state index >= 15 is 0 Å². The summed E-state index contributed by atoms with van der Waals surface area (Å²) >= 11 is 1.57. The minimum absolute atomic E-state index is 0.0468. The van der Waals surface area contributed by atoms with Crippen LogP contribution in [0.4, 0.5) is 0 Å². The lowest BCUT2D eigenvalue weighted by Gasteiger charge is -2.21. The Morgan fingerprint density at radius 1 is 1.06 bits per heavy atom. The maximum atomic E-state index is 13.5. The van der Waals surface area contributed by atoms with Crippen molar-refractivity contribution in [1.82, 2.24) is 33.5 Å². The topological polar surface area (TPSA) is 61.4 Å². The van der Waals surface area contributed by atoms with Gasteiger partial charge in [-0.05, 0) is 46.1 Å². The minimum Gasteiger partial charge on any atom is -0.336 e. The Bertz CT molecular complexity index is 1260. The molecule has 0 atom stereocenters. The van der Waals surface area contributed by atoms with Crippen LogP contribution in [-0.4, -0.2) is 79.7 Å². The lowest BCUT2D eigenvalue weighted by molar-refractivity contribution is 0.0755. The number of carbonyl (C=O) groups excluding carboxylic acids is 1. The highest BCUT2D eigenvalue weighted by Crippen LogP contribution is 2.22. The zero-order valence-electron chi connectivity index (χ0n) is 18.9. The van der Waals surface area contributed by atoms with Gasteiger partial charge in [-0.2, -0.15) is 0 Å². The number of hydrogen-bond acceptors (Lipinski definition) is 6. The van der Waals surface area contributed by atoms with Gasteiger partial charge in [0, 0.05) is 50.5 Å². The molecule has 5 heterocycles. The van der Waals surface area contributed by atoms with E-state index in [-0.39, 0.29) is 5.91 Å². The van der Waals surface area contributed by atoms with Crippen LogP contribution in [0.2, 0.25) is 0 Å². The third-order valence-electron chi connectivity index (χ3n) is 6.24. The van der Waals surface area contributed by atoms with E-state index in [1.54, 1.807) is 11.3 Å². The Balaban J connectivity index is 1.41. The number of imidazole rings is 2. The van der Waals surface area contributed by atoms with E-state index in [2.05, 4.69) is 50.8 Å². The molecule has 0 bridgehead atoms. The molecule has 1 saturated heterocycles. The van der Waals surface area contributed by atoms with E-state index in [0.717, 1.165) is 66.8 Å². The number of rotatable bonds is 5. The Hall–Kier alpha value is -2.75. The number of pyridine rings is 1. The third-order valence-corrected chi connectivity index (χ3v) is 7.00. The van der Waals surface area contributed by atoms with Crippen LogP contribution in [0.1, 0.15) is 34.0 Å².